The van der Waals surface area contributed by atoms with E-state index in [9.17, 15) is 0 Å². The van der Waals surface area contributed by atoms with E-state index >= 15 is 0 Å². The van der Waals surface area contributed by atoms with Crippen molar-refractivity contribution in [1.29, 1.82) is 0 Å². The zero-order chi connectivity index (χ0) is 3.58. The molecule has 0 aliphatic carbocycles. The molecule has 0 heterocycles. The predicted octanol–water partition coefficient (Wildman–Crippen LogP) is -3.53. The van der Waals surface area contributed by atoms with Crippen LogP contribution in [0.2, 0.25) is 0 Å². The first-order valence-corrected chi connectivity index (χ1v) is 0.775. The quantitative estimate of drug-likeness (QED) is 0.348. The summed E-state index contributed by atoms with van der Waals surface area (Å²) in [5.74, 6) is 0. The maximum Gasteiger partial charge on any atom is 0 e. The third kappa shape index (κ3) is 71.7. The summed E-state index contributed by atoms with van der Waals surface area (Å²) in [7, 11) is -2.17. The Morgan fingerprint density at radius 2 is 1.00 bits per heavy atom. The Bertz CT molecular complexity index is 16.4. The summed E-state index contributed by atoms with van der Waals surface area (Å²) in [6.07, 6.45) is 0. The SMILES string of the molecule is O.OB(O)O.[NaH].[Y]. The van der Waals surface area contributed by atoms with Gasteiger partial charge in [0.05, 0.1) is 0 Å². The van der Waals surface area contributed by atoms with Crippen molar-refractivity contribution in [3.8, 4) is 0 Å². The maximum absolute atomic E-state index is 7.17. The van der Waals surface area contributed by atoms with Crippen molar-refractivity contribution in [3.63, 3.8) is 0 Å². The van der Waals surface area contributed by atoms with Gasteiger partial charge < -0.3 is 20.5 Å². The van der Waals surface area contributed by atoms with Gasteiger partial charge in [-0.15, -0.1) is 0 Å². The van der Waals surface area contributed by atoms with Gasteiger partial charge in [-0.1, -0.05) is 0 Å². The Hall–Kier alpha value is 2.01. The van der Waals surface area contributed by atoms with Crippen molar-refractivity contribution in [3.05, 3.63) is 0 Å². The molecule has 0 aliphatic heterocycles. The molecule has 0 fully saturated rings. The molecule has 7 heteroatoms. The van der Waals surface area contributed by atoms with Gasteiger partial charge in [-0.05, 0) is 0 Å². The molecule has 0 rings (SSSR count). The van der Waals surface area contributed by atoms with Crippen LogP contribution in [0.1, 0.15) is 0 Å². The molecule has 1 radical (unpaired) electrons. The molecule has 37 valence electrons. The maximum atomic E-state index is 7.17. The van der Waals surface area contributed by atoms with Gasteiger partial charge in [-0.25, -0.2) is 0 Å². The molecule has 0 bridgehead atoms. The fourth-order valence-electron chi connectivity index (χ4n) is 0. The normalized spacial score (nSPS) is 3.86. The summed E-state index contributed by atoms with van der Waals surface area (Å²) in [4.78, 5) is 0. The van der Waals surface area contributed by atoms with Crippen molar-refractivity contribution in [2.75, 3.05) is 0 Å². The van der Waals surface area contributed by atoms with E-state index in [4.69, 9.17) is 15.1 Å². The summed E-state index contributed by atoms with van der Waals surface area (Å²) in [5.41, 5.74) is 0. The van der Waals surface area contributed by atoms with E-state index in [0.29, 0.717) is 0 Å². The van der Waals surface area contributed by atoms with Crippen molar-refractivity contribution in [2.24, 2.45) is 0 Å². The van der Waals surface area contributed by atoms with Crippen molar-refractivity contribution < 1.29 is 53.3 Å². The second kappa shape index (κ2) is 15.7. The zero-order valence-electron chi connectivity index (χ0n) is 3.00. The fourth-order valence-corrected chi connectivity index (χ4v) is 0. The summed E-state index contributed by atoms with van der Waals surface area (Å²) in [6.45, 7) is 0. The van der Waals surface area contributed by atoms with Gasteiger partial charge in [0.25, 0.3) is 0 Å². The van der Waals surface area contributed by atoms with Crippen LogP contribution in [0, 0.1) is 0 Å². The Labute approximate surface area is 89.0 Å². The average Bonchev–Trinajstić information content (AvgIpc) is 0.811. The molecule has 0 unspecified atom stereocenters. The van der Waals surface area contributed by atoms with E-state index in [2.05, 4.69) is 0 Å². The van der Waals surface area contributed by atoms with Crippen LogP contribution >= 0.6 is 0 Å². The molecule has 0 aromatic carbocycles. The molecule has 0 saturated carbocycles. The molecule has 0 spiro atoms. The monoisotopic (exact) mass is 193 g/mol. The fraction of sp³-hybridized carbons (Fsp3) is 0. The minimum atomic E-state index is -2.17. The van der Waals surface area contributed by atoms with E-state index in [1.807, 2.05) is 0 Å². The predicted molar refractivity (Wildman–Crippen MR) is 23.2 cm³/mol. The molecular weight excluding hydrogens is 187 g/mol. The van der Waals surface area contributed by atoms with Crippen LogP contribution in [0.4, 0.5) is 0 Å². The first-order chi connectivity index (χ1) is 1.73. The van der Waals surface area contributed by atoms with Gasteiger partial charge in [-0.3, -0.25) is 0 Å². The molecule has 0 aliphatic rings. The number of rotatable bonds is 0. The second-order valence-electron chi connectivity index (χ2n) is 0.346. The Morgan fingerprint density at radius 1 is 1.00 bits per heavy atom. The van der Waals surface area contributed by atoms with Gasteiger partial charge in [0.2, 0.25) is 0 Å². The van der Waals surface area contributed by atoms with E-state index in [-0.39, 0.29) is 67.7 Å². The largest absolute Gasteiger partial charge is 0 e. The second-order valence-corrected chi connectivity index (χ2v) is 0.346. The van der Waals surface area contributed by atoms with Gasteiger partial charge in [-0.2, -0.15) is 0 Å². The van der Waals surface area contributed by atoms with Crippen molar-refractivity contribution >= 4 is 36.9 Å². The van der Waals surface area contributed by atoms with E-state index < -0.39 is 7.32 Å². The van der Waals surface area contributed by atoms with Crippen molar-refractivity contribution in [1.82, 2.24) is 0 Å². The van der Waals surface area contributed by atoms with Crippen LogP contribution < -0.4 is 0 Å². The molecule has 7 heavy (non-hydrogen) atoms. The van der Waals surface area contributed by atoms with Crippen LogP contribution in [-0.4, -0.2) is 57.4 Å². The summed E-state index contributed by atoms with van der Waals surface area (Å²) in [5, 5.41) is 21.5. The molecule has 4 nitrogen and oxygen atoms in total. The van der Waals surface area contributed by atoms with Crippen molar-refractivity contribution in [2.45, 2.75) is 0 Å². The van der Waals surface area contributed by atoms with E-state index in [1.165, 1.54) is 0 Å². The summed E-state index contributed by atoms with van der Waals surface area (Å²) < 4.78 is 0. The van der Waals surface area contributed by atoms with Crippen LogP contribution in [0.5, 0.6) is 0 Å². The third-order valence-corrected chi connectivity index (χ3v) is 0. The molecule has 0 aromatic rings. The van der Waals surface area contributed by atoms with Crippen LogP contribution in [0.25, 0.3) is 0 Å². The van der Waals surface area contributed by atoms with Gasteiger partial charge in [0.1, 0.15) is 0 Å². The number of hydrogen-bond acceptors (Lipinski definition) is 3. The van der Waals surface area contributed by atoms with Crippen LogP contribution in [0.3, 0.4) is 0 Å². The first-order valence-electron chi connectivity index (χ1n) is 0.775. The molecule has 5 N–H and O–H groups in total. The Morgan fingerprint density at radius 3 is 1.00 bits per heavy atom. The summed E-state index contributed by atoms with van der Waals surface area (Å²) in [6, 6.07) is 0. The number of hydrogen-bond donors (Lipinski definition) is 3. The van der Waals surface area contributed by atoms with Crippen LogP contribution in [0.15, 0.2) is 0 Å². The molecular formula is H6BNaO4Y. The molecule has 0 saturated heterocycles. The Kier molecular flexibility index (Phi) is 51.6. The average molecular weight is 193 g/mol. The third-order valence-electron chi connectivity index (χ3n) is 0. The smallest absolute Gasteiger partial charge is 0 e. The van der Waals surface area contributed by atoms with Gasteiger partial charge in [0, 0.05) is 32.7 Å². The first kappa shape index (κ1) is 23.0. The topological polar surface area (TPSA) is 92.2 Å². The molecule has 0 amide bonds. The minimum Gasteiger partial charge on any atom is 0 e. The zero-order valence-corrected chi connectivity index (χ0v) is 5.83. The summed E-state index contributed by atoms with van der Waals surface area (Å²) >= 11 is 0. The molecule has 0 atom stereocenters. The van der Waals surface area contributed by atoms with Gasteiger partial charge >= 0.3 is 36.9 Å². The van der Waals surface area contributed by atoms with E-state index in [0.717, 1.165) is 0 Å². The molecule has 0 aromatic heterocycles. The van der Waals surface area contributed by atoms with Crippen LogP contribution in [-0.2, 0) is 32.7 Å². The van der Waals surface area contributed by atoms with Gasteiger partial charge in [0.15, 0.2) is 0 Å². The standard InChI is InChI=1S/BH3O3.Na.H2O.Y.H/c2-1(3)4;;;;/h2-4H;;1H2;;. The Balaban J connectivity index is -0.0000000150. The van der Waals surface area contributed by atoms with E-state index in [1.54, 1.807) is 0 Å². The minimum absolute atomic E-state index is 0.